The highest BCUT2D eigenvalue weighted by molar-refractivity contribution is 7.90. The Morgan fingerprint density at radius 2 is 1.73 bits per heavy atom. The van der Waals surface area contributed by atoms with Crippen LogP contribution in [0.5, 0.6) is 0 Å². The summed E-state index contributed by atoms with van der Waals surface area (Å²) in [5, 5.41) is 21.5. The molecular formula is C14H17N3O8S. The molecule has 3 N–H and O–H groups in total. The topological polar surface area (TPSA) is 173 Å². The van der Waals surface area contributed by atoms with Gasteiger partial charge in [-0.1, -0.05) is 18.6 Å². The zero-order valence-electron chi connectivity index (χ0n) is 13.5. The highest BCUT2D eigenvalue weighted by Gasteiger charge is 2.28. The predicted octanol–water partition coefficient (Wildman–Crippen LogP) is 0.161. The van der Waals surface area contributed by atoms with Crippen LogP contribution < -0.4 is 10.0 Å². The van der Waals surface area contributed by atoms with Crippen LogP contribution in [0.3, 0.4) is 0 Å². The number of nitro groups is 1. The minimum absolute atomic E-state index is 0.0114. The third-order valence-corrected chi connectivity index (χ3v) is 4.52. The normalized spacial score (nSPS) is 10.8. The number of amides is 2. The molecular weight excluding hydrogens is 370 g/mol. The van der Waals surface area contributed by atoms with Crippen LogP contribution in [-0.4, -0.2) is 42.8 Å². The zero-order chi connectivity index (χ0) is 19.7. The molecule has 0 heterocycles. The highest BCUT2D eigenvalue weighted by Crippen LogP contribution is 2.22. The number of carbonyl (C=O) groups excluding carboxylic acids is 2. The Morgan fingerprint density at radius 3 is 2.35 bits per heavy atom. The molecule has 26 heavy (non-hydrogen) atoms. The SMILES string of the molecule is O=C(O)CCCCCNC(=O)C(=O)NS(=O)(=O)c1ccccc1[N+](=O)[O-]. The molecule has 0 radical (unpaired) electrons. The molecule has 12 heteroatoms. The van der Waals surface area contributed by atoms with Crippen molar-refractivity contribution >= 4 is 33.5 Å². The molecule has 2 amide bonds. The molecule has 142 valence electrons. The average Bonchev–Trinajstić information content (AvgIpc) is 2.57. The lowest BCUT2D eigenvalue weighted by molar-refractivity contribution is -0.387. The predicted molar refractivity (Wildman–Crippen MR) is 87.5 cm³/mol. The minimum atomic E-state index is -4.60. The number of nitrogens with zero attached hydrogens (tertiary/aromatic N) is 1. The van der Waals surface area contributed by atoms with E-state index in [1.165, 1.54) is 16.9 Å². The molecule has 0 aliphatic carbocycles. The Bertz CT molecular complexity index is 806. The lowest BCUT2D eigenvalue weighted by atomic mass is 10.2. The van der Waals surface area contributed by atoms with Crippen LogP contribution in [0, 0.1) is 10.1 Å². The maximum atomic E-state index is 12.1. The number of carboxylic acids is 1. The van der Waals surface area contributed by atoms with E-state index in [4.69, 9.17) is 5.11 Å². The van der Waals surface area contributed by atoms with E-state index in [9.17, 15) is 32.9 Å². The number of carbonyl (C=O) groups is 3. The van der Waals surface area contributed by atoms with E-state index in [-0.39, 0.29) is 13.0 Å². The Labute approximate surface area is 148 Å². The number of nitrogens with one attached hydrogen (secondary N) is 2. The second kappa shape index (κ2) is 9.46. The standard InChI is InChI=1S/C14H17N3O8S/c18-12(19)8-2-1-5-9-15-13(20)14(21)16-26(24,25)11-7-4-3-6-10(11)17(22)23/h3-4,6-7H,1-2,5,8-9H2,(H,15,20)(H,16,21)(H,18,19). The maximum absolute atomic E-state index is 12.1. The molecule has 0 aliphatic rings. The van der Waals surface area contributed by atoms with Crippen LogP contribution in [0.1, 0.15) is 25.7 Å². The summed E-state index contributed by atoms with van der Waals surface area (Å²) < 4.78 is 25.6. The van der Waals surface area contributed by atoms with Gasteiger partial charge in [-0.2, -0.15) is 0 Å². The van der Waals surface area contributed by atoms with E-state index in [1.807, 2.05) is 0 Å². The van der Waals surface area contributed by atoms with E-state index in [2.05, 4.69) is 5.32 Å². The van der Waals surface area contributed by atoms with Gasteiger partial charge < -0.3 is 10.4 Å². The van der Waals surface area contributed by atoms with Gasteiger partial charge in [-0.15, -0.1) is 0 Å². The molecule has 0 fully saturated rings. The van der Waals surface area contributed by atoms with Gasteiger partial charge in [-0.3, -0.25) is 24.5 Å². The lowest BCUT2D eigenvalue weighted by Crippen LogP contribution is -2.43. The largest absolute Gasteiger partial charge is 0.481 e. The highest BCUT2D eigenvalue weighted by atomic mass is 32.2. The van der Waals surface area contributed by atoms with Crippen LogP contribution in [0.4, 0.5) is 5.69 Å². The molecule has 0 spiro atoms. The molecule has 11 nitrogen and oxygen atoms in total. The summed E-state index contributed by atoms with van der Waals surface area (Å²) in [4.78, 5) is 42.8. The van der Waals surface area contributed by atoms with Crippen LogP contribution in [-0.2, 0) is 24.4 Å². The Kier molecular flexibility index (Phi) is 7.65. The lowest BCUT2D eigenvalue weighted by Gasteiger charge is -2.08. The summed E-state index contributed by atoms with van der Waals surface area (Å²) in [6.07, 6.45) is 1.30. The summed E-state index contributed by atoms with van der Waals surface area (Å²) >= 11 is 0. The van der Waals surface area contributed by atoms with Crippen LogP contribution in [0.2, 0.25) is 0 Å². The Morgan fingerprint density at radius 1 is 1.08 bits per heavy atom. The molecule has 1 aromatic rings. The number of nitro benzene ring substituents is 1. The second-order valence-corrected chi connectivity index (χ2v) is 6.77. The molecule has 0 atom stereocenters. The van der Waals surface area contributed by atoms with Crippen LogP contribution in [0.15, 0.2) is 29.2 Å². The Balaban J connectivity index is 2.59. The number of sulfonamides is 1. The van der Waals surface area contributed by atoms with Gasteiger partial charge in [0.05, 0.1) is 4.92 Å². The van der Waals surface area contributed by atoms with Crippen molar-refractivity contribution in [1.82, 2.24) is 10.0 Å². The number of hydrogen-bond acceptors (Lipinski definition) is 7. The van der Waals surface area contributed by atoms with E-state index in [0.717, 1.165) is 12.1 Å². The van der Waals surface area contributed by atoms with Gasteiger partial charge >= 0.3 is 17.8 Å². The number of unbranched alkanes of at least 4 members (excludes halogenated alkanes) is 2. The molecule has 0 bridgehead atoms. The van der Waals surface area contributed by atoms with E-state index in [1.54, 1.807) is 0 Å². The summed E-state index contributed by atoms with van der Waals surface area (Å²) in [6, 6.07) is 4.39. The Hall–Kier alpha value is -3.02. The zero-order valence-corrected chi connectivity index (χ0v) is 14.3. The fourth-order valence-corrected chi connectivity index (χ4v) is 3.04. The summed E-state index contributed by atoms with van der Waals surface area (Å²) in [6.45, 7) is 0.0530. The summed E-state index contributed by atoms with van der Waals surface area (Å²) in [5.74, 6) is -3.63. The third kappa shape index (κ3) is 6.47. The minimum Gasteiger partial charge on any atom is -0.481 e. The number of carboxylic acid groups (broad SMARTS) is 1. The third-order valence-electron chi connectivity index (χ3n) is 3.14. The smallest absolute Gasteiger partial charge is 0.323 e. The summed E-state index contributed by atoms with van der Waals surface area (Å²) in [5.41, 5.74) is -0.730. The first-order valence-corrected chi connectivity index (χ1v) is 8.93. The van der Waals surface area contributed by atoms with E-state index < -0.39 is 43.3 Å². The molecule has 0 aliphatic heterocycles. The van der Waals surface area contributed by atoms with Crippen molar-refractivity contribution in [2.75, 3.05) is 6.54 Å². The molecule has 0 saturated carbocycles. The van der Waals surface area contributed by atoms with Crippen molar-refractivity contribution in [3.05, 3.63) is 34.4 Å². The van der Waals surface area contributed by atoms with Gasteiger partial charge in [0, 0.05) is 19.0 Å². The quantitative estimate of drug-likeness (QED) is 0.232. The van der Waals surface area contributed by atoms with E-state index in [0.29, 0.717) is 19.3 Å². The first-order valence-electron chi connectivity index (χ1n) is 7.45. The number of aliphatic carboxylic acids is 1. The first kappa shape index (κ1) is 21.0. The van der Waals surface area contributed by atoms with Gasteiger partial charge in [0.15, 0.2) is 4.90 Å². The van der Waals surface area contributed by atoms with Crippen molar-refractivity contribution in [1.29, 1.82) is 0 Å². The first-order chi connectivity index (χ1) is 12.1. The number of benzene rings is 1. The molecule has 0 saturated heterocycles. The van der Waals surface area contributed by atoms with Crippen molar-refractivity contribution < 1.29 is 32.8 Å². The number of hydrogen-bond donors (Lipinski definition) is 3. The maximum Gasteiger partial charge on any atom is 0.323 e. The fraction of sp³-hybridized carbons (Fsp3) is 0.357. The van der Waals surface area contributed by atoms with Crippen molar-refractivity contribution in [2.45, 2.75) is 30.6 Å². The monoisotopic (exact) mass is 387 g/mol. The van der Waals surface area contributed by atoms with Gasteiger partial charge in [0.2, 0.25) is 0 Å². The van der Waals surface area contributed by atoms with Gasteiger partial charge in [0.1, 0.15) is 0 Å². The molecule has 1 rings (SSSR count). The molecule has 0 unspecified atom stereocenters. The molecule has 0 aromatic heterocycles. The average molecular weight is 387 g/mol. The number of para-hydroxylation sites is 1. The van der Waals surface area contributed by atoms with Crippen molar-refractivity contribution in [2.24, 2.45) is 0 Å². The summed E-state index contributed by atoms with van der Waals surface area (Å²) in [7, 11) is -4.60. The van der Waals surface area contributed by atoms with Crippen LogP contribution >= 0.6 is 0 Å². The van der Waals surface area contributed by atoms with Gasteiger partial charge in [-0.25, -0.2) is 13.1 Å². The van der Waals surface area contributed by atoms with E-state index >= 15 is 0 Å². The van der Waals surface area contributed by atoms with Gasteiger partial charge in [-0.05, 0) is 18.9 Å². The molecule has 1 aromatic carbocycles. The number of rotatable bonds is 9. The van der Waals surface area contributed by atoms with Crippen molar-refractivity contribution in [3.63, 3.8) is 0 Å². The van der Waals surface area contributed by atoms with Crippen LogP contribution in [0.25, 0.3) is 0 Å². The van der Waals surface area contributed by atoms with Crippen molar-refractivity contribution in [3.8, 4) is 0 Å². The fourth-order valence-electron chi connectivity index (χ4n) is 1.92. The van der Waals surface area contributed by atoms with Gasteiger partial charge in [0.25, 0.3) is 15.7 Å². The second-order valence-electron chi connectivity index (χ2n) is 5.12.